The van der Waals surface area contributed by atoms with Crippen LogP contribution in [0.25, 0.3) is 0 Å². The van der Waals surface area contributed by atoms with E-state index in [0.717, 1.165) is 24.0 Å². The Morgan fingerprint density at radius 3 is 2.81 bits per heavy atom. The molecule has 2 rings (SSSR count). The summed E-state index contributed by atoms with van der Waals surface area (Å²) in [6, 6.07) is 0. The third kappa shape index (κ3) is 5.09. The third-order valence-electron chi connectivity index (χ3n) is 6.09. The third-order valence-corrected chi connectivity index (χ3v) is 6.09. The molecule has 2 aliphatic carbocycles. The van der Waals surface area contributed by atoms with E-state index in [-0.39, 0.29) is 30.0 Å². The fourth-order valence-corrected chi connectivity index (χ4v) is 4.20. The standard InChI is InChI=1S/C22H34O5/c1-14(13-23)6-5-7-15(2)16-10-11-22(3,26)18(16)12-17-19(24)8-9-20(27-4)21(17)25/h6,10,15,18,20,23,25-26H,5,7-9,11-13H2,1-4H3/b14-6+. The van der Waals surface area contributed by atoms with Crippen LogP contribution in [0.2, 0.25) is 0 Å². The number of hydrogen-bond acceptors (Lipinski definition) is 5. The molecule has 0 heterocycles. The highest BCUT2D eigenvalue weighted by Gasteiger charge is 2.42. The maximum absolute atomic E-state index is 12.4. The molecule has 5 heteroatoms. The molecule has 2 aliphatic rings. The van der Waals surface area contributed by atoms with Crippen LogP contribution in [-0.2, 0) is 9.53 Å². The Kier molecular flexibility index (Phi) is 7.43. The number of hydrogen-bond donors (Lipinski definition) is 3. The van der Waals surface area contributed by atoms with Crippen LogP contribution in [0.5, 0.6) is 0 Å². The smallest absolute Gasteiger partial charge is 0.162 e. The summed E-state index contributed by atoms with van der Waals surface area (Å²) in [7, 11) is 1.54. The van der Waals surface area contributed by atoms with Crippen molar-refractivity contribution in [2.45, 2.75) is 71.0 Å². The summed E-state index contributed by atoms with van der Waals surface area (Å²) in [6.45, 7) is 5.92. The Labute approximate surface area is 162 Å². The molecule has 4 atom stereocenters. The Hall–Kier alpha value is -1.43. The van der Waals surface area contributed by atoms with Crippen molar-refractivity contribution in [3.05, 3.63) is 34.6 Å². The van der Waals surface area contributed by atoms with E-state index in [2.05, 4.69) is 13.0 Å². The zero-order valence-electron chi connectivity index (χ0n) is 17.0. The minimum absolute atomic E-state index is 0.0324. The van der Waals surface area contributed by atoms with Gasteiger partial charge in [0.2, 0.25) is 0 Å². The van der Waals surface area contributed by atoms with Crippen molar-refractivity contribution < 1.29 is 24.9 Å². The quantitative estimate of drug-likeness (QED) is 0.562. The number of carbonyl (C=O) groups is 1. The molecule has 0 saturated carbocycles. The number of aliphatic hydroxyl groups is 3. The lowest BCUT2D eigenvalue weighted by Crippen LogP contribution is -2.35. The van der Waals surface area contributed by atoms with E-state index in [0.29, 0.717) is 31.3 Å². The topological polar surface area (TPSA) is 87.0 Å². The molecule has 0 fully saturated rings. The predicted molar refractivity (Wildman–Crippen MR) is 105 cm³/mol. The monoisotopic (exact) mass is 378 g/mol. The van der Waals surface area contributed by atoms with Crippen LogP contribution in [0.1, 0.15) is 59.3 Å². The van der Waals surface area contributed by atoms with Gasteiger partial charge < -0.3 is 20.1 Å². The van der Waals surface area contributed by atoms with Crippen molar-refractivity contribution >= 4 is 5.78 Å². The number of rotatable bonds is 8. The minimum Gasteiger partial charge on any atom is -0.509 e. The van der Waals surface area contributed by atoms with Crippen LogP contribution in [-0.4, -0.2) is 46.5 Å². The first-order valence-electron chi connectivity index (χ1n) is 9.88. The maximum atomic E-state index is 12.4. The molecule has 0 radical (unpaired) electrons. The largest absolute Gasteiger partial charge is 0.509 e. The van der Waals surface area contributed by atoms with Gasteiger partial charge in [0.25, 0.3) is 0 Å². The van der Waals surface area contributed by atoms with Crippen molar-refractivity contribution in [1.82, 2.24) is 0 Å². The van der Waals surface area contributed by atoms with Crippen LogP contribution in [0, 0.1) is 11.8 Å². The van der Waals surface area contributed by atoms with Gasteiger partial charge in [-0.3, -0.25) is 4.79 Å². The van der Waals surface area contributed by atoms with E-state index in [4.69, 9.17) is 9.84 Å². The van der Waals surface area contributed by atoms with Crippen molar-refractivity contribution in [1.29, 1.82) is 0 Å². The highest BCUT2D eigenvalue weighted by Crippen LogP contribution is 2.45. The van der Waals surface area contributed by atoms with Crippen molar-refractivity contribution in [3.63, 3.8) is 0 Å². The van der Waals surface area contributed by atoms with Crippen LogP contribution in [0.15, 0.2) is 34.6 Å². The molecular formula is C22H34O5. The van der Waals surface area contributed by atoms with Crippen LogP contribution >= 0.6 is 0 Å². The van der Waals surface area contributed by atoms with E-state index in [9.17, 15) is 15.0 Å². The average Bonchev–Trinajstić information content (AvgIpc) is 2.92. The van der Waals surface area contributed by atoms with Gasteiger partial charge >= 0.3 is 0 Å². The maximum Gasteiger partial charge on any atom is 0.162 e. The van der Waals surface area contributed by atoms with Gasteiger partial charge in [-0.05, 0) is 51.9 Å². The number of allylic oxidation sites excluding steroid dienone is 2. The summed E-state index contributed by atoms with van der Waals surface area (Å²) >= 11 is 0. The van der Waals surface area contributed by atoms with Gasteiger partial charge in [0, 0.05) is 25.0 Å². The Morgan fingerprint density at radius 2 is 2.19 bits per heavy atom. The van der Waals surface area contributed by atoms with Crippen LogP contribution < -0.4 is 0 Å². The molecule has 0 spiro atoms. The van der Waals surface area contributed by atoms with E-state index in [1.165, 1.54) is 7.11 Å². The fraction of sp³-hybridized carbons (Fsp3) is 0.682. The number of Topliss-reactive ketones (excluding diaryl/α,β-unsaturated/α-hetero) is 1. The van der Waals surface area contributed by atoms with Crippen molar-refractivity contribution in [2.75, 3.05) is 13.7 Å². The number of aliphatic hydroxyl groups excluding tert-OH is 2. The highest BCUT2D eigenvalue weighted by atomic mass is 16.5. The Bertz CT molecular complexity index is 641. The molecule has 152 valence electrons. The van der Waals surface area contributed by atoms with Gasteiger partial charge in [0.05, 0.1) is 12.2 Å². The molecule has 0 aromatic carbocycles. The van der Waals surface area contributed by atoms with Gasteiger partial charge in [0.1, 0.15) is 11.9 Å². The molecule has 0 amide bonds. The second-order valence-corrected chi connectivity index (χ2v) is 8.26. The van der Waals surface area contributed by atoms with Crippen molar-refractivity contribution in [2.24, 2.45) is 11.8 Å². The summed E-state index contributed by atoms with van der Waals surface area (Å²) < 4.78 is 5.29. The number of methoxy groups -OCH3 is 1. The SMILES string of the molecule is COC1CCC(=O)C(CC2C(C(C)CC/C=C(\C)CO)=CCC2(C)O)=C1O. The zero-order chi connectivity index (χ0) is 20.2. The molecule has 0 aliphatic heterocycles. The summed E-state index contributed by atoms with van der Waals surface area (Å²) in [5, 5.41) is 30.5. The minimum atomic E-state index is -0.923. The molecule has 0 bridgehead atoms. The summed E-state index contributed by atoms with van der Waals surface area (Å²) in [5.41, 5.74) is 1.60. The van der Waals surface area contributed by atoms with Gasteiger partial charge in [-0.15, -0.1) is 0 Å². The average molecular weight is 379 g/mol. The number of ketones is 1. The second-order valence-electron chi connectivity index (χ2n) is 8.26. The molecule has 3 N–H and O–H groups in total. The van der Waals surface area contributed by atoms with Gasteiger partial charge in [-0.2, -0.15) is 0 Å². The molecule has 0 saturated heterocycles. The highest BCUT2D eigenvalue weighted by molar-refractivity contribution is 5.97. The molecule has 4 unspecified atom stereocenters. The lowest BCUT2D eigenvalue weighted by molar-refractivity contribution is -0.118. The summed E-state index contributed by atoms with van der Waals surface area (Å²) in [4.78, 5) is 12.4. The lowest BCUT2D eigenvalue weighted by atomic mass is 9.76. The first-order chi connectivity index (χ1) is 12.7. The van der Waals surface area contributed by atoms with Gasteiger partial charge in [-0.1, -0.05) is 30.2 Å². The fourth-order valence-electron chi connectivity index (χ4n) is 4.20. The zero-order valence-corrected chi connectivity index (χ0v) is 17.0. The van der Waals surface area contributed by atoms with Crippen molar-refractivity contribution in [3.8, 4) is 0 Å². The Morgan fingerprint density at radius 1 is 1.48 bits per heavy atom. The van der Waals surface area contributed by atoms with Gasteiger partial charge in [-0.25, -0.2) is 0 Å². The number of carbonyl (C=O) groups excluding carboxylic acids is 1. The number of ether oxygens (including phenoxy) is 1. The first kappa shape index (κ1) is 21.9. The van der Waals surface area contributed by atoms with E-state index in [1.54, 1.807) is 0 Å². The van der Waals surface area contributed by atoms with Crippen LogP contribution in [0.4, 0.5) is 0 Å². The first-order valence-corrected chi connectivity index (χ1v) is 9.88. The van der Waals surface area contributed by atoms with E-state index >= 15 is 0 Å². The normalized spacial score (nSPS) is 30.7. The molecule has 27 heavy (non-hydrogen) atoms. The lowest BCUT2D eigenvalue weighted by Gasteiger charge is -2.33. The second kappa shape index (κ2) is 9.18. The molecular weight excluding hydrogens is 344 g/mol. The predicted octanol–water partition coefficient (Wildman–Crippen LogP) is 3.62. The van der Waals surface area contributed by atoms with E-state index < -0.39 is 11.7 Å². The van der Waals surface area contributed by atoms with Gasteiger partial charge in [0.15, 0.2) is 5.78 Å². The summed E-state index contributed by atoms with van der Waals surface area (Å²) in [6.07, 6.45) is 7.25. The van der Waals surface area contributed by atoms with E-state index in [1.807, 2.05) is 19.9 Å². The van der Waals surface area contributed by atoms with Crippen LogP contribution in [0.3, 0.4) is 0 Å². The molecule has 0 aromatic rings. The summed E-state index contributed by atoms with van der Waals surface area (Å²) in [5.74, 6) is 0.0560. The molecule has 0 aromatic heterocycles. The Balaban J connectivity index is 2.17. The molecule has 5 nitrogen and oxygen atoms in total.